The largest absolute Gasteiger partial charge is 0.382 e. The molecule has 0 unspecified atom stereocenters. The molecule has 0 aliphatic carbocycles. The quantitative estimate of drug-likeness (QED) is 0.886. The fourth-order valence-electron chi connectivity index (χ4n) is 1.39. The van der Waals surface area contributed by atoms with Gasteiger partial charge in [0.2, 0.25) is 0 Å². The summed E-state index contributed by atoms with van der Waals surface area (Å²) < 4.78 is 0. The number of nitrogen functional groups attached to an aromatic ring is 1. The van der Waals surface area contributed by atoms with E-state index in [-0.39, 0.29) is 5.41 Å². The van der Waals surface area contributed by atoms with Crippen molar-refractivity contribution in [3.05, 3.63) is 34.2 Å². The van der Waals surface area contributed by atoms with E-state index in [4.69, 9.17) is 5.73 Å². The molecule has 0 saturated carbocycles. The molecule has 0 aliphatic rings. The van der Waals surface area contributed by atoms with Crippen LogP contribution < -0.4 is 5.73 Å². The summed E-state index contributed by atoms with van der Waals surface area (Å²) in [6, 6.07) is 0. The minimum Gasteiger partial charge on any atom is -0.382 e. The van der Waals surface area contributed by atoms with Gasteiger partial charge in [-0.3, -0.25) is 4.98 Å². The molecule has 2 aromatic heterocycles. The van der Waals surface area contributed by atoms with Crippen LogP contribution in [0.15, 0.2) is 17.8 Å². The first-order valence-electron chi connectivity index (χ1n) is 5.47. The fourth-order valence-corrected chi connectivity index (χ4v) is 2.42. The number of nitrogens with zero attached hydrogens (tertiary/aromatic N) is 3. The van der Waals surface area contributed by atoms with E-state index in [0.29, 0.717) is 12.2 Å². The van der Waals surface area contributed by atoms with E-state index in [1.54, 1.807) is 23.7 Å². The molecular formula is C12H16N4S. The average molecular weight is 248 g/mol. The van der Waals surface area contributed by atoms with Gasteiger partial charge in [-0.1, -0.05) is 20.8 Å². The van der Waals surface area contributed by atoms with E-state index in [1.165, 1.54) is 0 Å². The minimum atomic E-state index is 0.0860. The zero-order valence-electron chi connectivity index (χ0n) is 10.3. The molecule has 0 fully saturated rings. The van der Waals surface area contributed by atoms with Crippen molar-refractivity contribution < 1.29 is 0 Å². The molecule has 0 aromatic carbocycles. The van der Waals surface area contributed by atoms with E-state index in [1.807, 2.05) is 0 Å². The fraction of sp³-hybridized carbons (Fsp3) is 0.417. The molecule has 0 aliphatic heterocycles. The molecule has 0 atom stereocenters. The van der Waals surface area contributed by atoms with E-state index >= 15 is 0 Å². The maximum Gasteiger partial charge on any atom is 0.145 e. The summed E-state index contributed by atoms with van der Waals surface area (Å²) in [6.07, 6.45) is 3.91. The van der Waals surface area contributed by atoms with Crippen LogP contribution in [0.5, 0.6) is 0 Å². The van der Waals surface area contributed by atoms with E-state index in [0.717, 1.165) is 16.4 Å². The summed E-state index contributed by atoms with van der Waals surface area (Å²) in [5.41, 5.74) is 7.76. The van der Waals surface area contributed by atoms with Crippen LogP contribution in [0.4, 0.5) is 5.82 Å². The second-order valence-corrected chi connectivity index (χ2v) is 5.88. The minimum absolute atomic E-state index is 0.0860. The highest BCUT2D eigenvalue weighted by molar-refractivity contribution is 7.09. The zero-order chi connectivity index (χ0) is 12.5. The Morgan fingerprint density at radius 2 is 1.94 bits per heavy atom. The second-order valence-electron chi connectivity index (χ2n) is 4.94. The number of rotatable bonds is 2. The van der Waals surface area contributed by atoms with Crippen LogP contribution in [0.3, 0.4) is 0 Å². The Morgan fingerprint density at radius 3 is 2.53 bits per heavy atom. The molecule has 0 saturated heterocycles. The van der Waals surface area contributed by atoms with Gasteiger partial charge in [0.25, 0.3) is 0 Å². The van der Waals surface area contributed by atoms with Crippen molar-refractivity contribution >= 4 is 17.2 Å². The summed E-state index contributed by atoms with van der Waals surface area (Å²) in [5.74, 6) is 0.486. The Hall–Kier alpha value is -1.49. The van der Waals surface area contributed by atoms with Gasteiger partial charge >= 0.3 is 0 Å². The third-order valence-electron chi connectivity index (χ3n) is 2.45. The number of aromatic nitrogens is 3. The monoisotopic (exact) mass is 248 g/mol. The lowest BCUT2D eigenvalue weighted by Crippen LogP contribution is -2.11. The van der Waals surface area contributed by atoms with Gasteiger partial charge in [0.05, 0.1) is 16.4 Å². The van der Waals surface area contributed by atoms with E-state index in [2.05, 4.69) is 41.1 Å². The summed E-state index contributed by atoms with van der Waals surface area (Å²) in [6.45, 7) is 6.47. The standard InChI is InChI=1S/C12H16N4S/c1-12(2,3)9-7-17-10(16-9)6-8-11(13)15-5-4-14-8/h4-5,7H,6H2,1-3H3,(H2,13,15). The van der Waals surface area contributed by atoms with Crippen molar-refractivity contribution in [3.63, 3.8) is 0 Å². The van der Waals surface area contributed by atoms with Crippen LogP contribution >= 0.6 is 11.3 Å². The smallest absolute Gasteiger partial charge is 0.145 e. The topological polar surface area (TPSA) is 64.7 Å². The Morgan fingerprint density at radius 1 is 1.24 bits per heavy atom. The molecule has 2 heterocycles. The Kier molecular flexibility index (Phi) is 3.11. The predicted molar refractivity (Wildman–Crippen MR) is 70.1 cm³/mol. The summed E-state index contributed by atoms with van der Waals surface area (Å²) in [7, 11) is 0. The first-order chi connectivity index (χ1) is 7.97. The molecule has 90 valence electrons. The van der Waals surface area contributed by atoms with Crippen molar-refractivity contribution in [3.8, 4) is 0 Å². The highest BCUT2D eigenvalue weighted by Gasteiger charge is 2.17. The lowest BCUT2D eigenvalue weighted by atomic mass is 9.93. The highest BCUT2D eigenvalue weighted by atomic mass is 32.1. The molecule has 5 heteroatoms. The van der Waals surface area contributed by atoms with Crippen LogP contribution in [0.2, 0.25) is 0 Å². The maximum absolute atomic E-state index is 5.76. The third kappa shape index (κ3) is 2.79. The first kappa shape index (κ1) is 12.0. The van der Waals surface area contributed by atoms with Crippen LogP contribution in [-0.4, -0.2) is 15.0 Å². The van der Waals surface area contributed by atoms with Crippen LogP contribution in [-0.2, 0) is 11.8 Å². The summed E-state index contributed by atoms with van der Waals surface area (Å²) in [4.78, 5) is 12.9. The number of hydrogen-bond acceptors (Lipinski definition) is 5. The van der Waals surface area contributed by atoms with Gasteiger partial charge in [-0.2, -0.15) is 0 Å². The zero-order valence-corrected chi connectivity index (χ0v) is 11.1. The van der Waals surface area contributed by atoms with Crippen molar-refractivity contribution in [2.45, 2.75) is 32.6 Å². The number of hydrogen-bond donors (Lipinski definition) is 1. The van der Waals surface area contributed by atoms with Crippen LogP contribution in [0.1, 0.15) is 37.2 Å². The number of thiazole rings is 1. The molecule has 17 heavy (non-hydrogen) atoms. The SMILES string of the molecule is CC(C)(C)c1csc(Cc2nccnc2N)n1. The Labute approximate surface area is 105 Å². The average Bonchev–Trinajstić information content (AvgIpc) is 2.69. The first-order valence-corrected chi connectivity index (χ1v) is 6.35. The lowest BCUT2D eigenvalue weighted by molar-refractivity contribution is 0.571. The Balaban J connectivity index is 2.21. The lowest BCUT2D eigenvalue weighted by Gasteiger charge is -2.14. The summed E-state index contributed by atoms with van der Waals surface area (Å²) in [5, 5.41) is 3.13. The van der Waals surface area contributed by atoms with Crippen LogP contribution in [0, 0.1) is 0 Å². The molecule has 0 amide bonds. The van der Waals surface area contributed by atoms with Gasteiger partial charge in [-0.15, -0.1) is 11.3 Å². The van der Waals surface area contributed by atoms with E-state index < -0.39 is 0 Å². The molecule has 2 N–H and O–H groups in total. The molecule has 2 rings (SSSR count). The molecule has 0 radical (unpaired) electrons. The van der Waals surface area contributed by atoms with Crippen molar-refractivity contribution in [1.82, 2.24) is 15.0 Å². The third-order valence-corrected chi connectivity index (χ3v) is 3.29. The predicted octanol–water partition coefficient (Wildman–Crippen LogP) is 2.40. The molecule has 0 spiro atoms. The second kappa shape index (κ2) is 4.41. The molecule has 2 aromatic rings. The normalized spacial score (nSPS) is 11.7. The Bertz CT molecular complexity index is 513. The number of nitrogens with two attached hydrogens (primary N) is 1. The molecular weight excluding hydrogens is 232 g/mol. The van der Waals surface area contributed by atoms with Gasteiger partial charge < -0.3 is 5.73 Å². The van der Waals surface area contributed by atoms with Crippen molar-refractivity contribution in [2.24, 2.45) is 0 Å². The van der Waals surface area contributed by atoms with Gasteiger partial charge in [0.1, 0.15) is 5.82 Å². The maximum atomic E-state index is 5.76. The van der Waals surface area contributed by atoms with Gasteiger partial charge in [0.15, 0.2) is 0 Å². The molecule has 0 bridgehead atoms. The van der Waals surface area contributed by atoms with Crippen molar-refractivity contribution in [2.75, 3.05) is 5.73 Å². The summed E-state index contributed by atoms with van der Waals surface area (Å²) >= 11 is 1.65. The molecule has 4 nitrogen and oxygen atoms in total. The van der Waals surface area contributed by atoms with Crippen LogP contribution in [0.25, 0.3) is 0 Å². The highest BCUT2D eigenvalue weighted by Crippen LogP contribution is 2.25. The van der Waals surface area contributed by atoms with E-state index in [9.17, 15) is 0 Å². The van der Waals surface area contributed by atoms with Gasteiger partial charge in [-0.05, 0) is 0 Å². The van der Waals surface area contributed by atoms with Crippen molar-refractivity contribution in [1.29, 1.82) is 0 Å². The number of anilines is 1. The van der Waals surface area contributed by atoms with Gasteiger partial charge in [0, 0.05) is 29.6 Å². The van der Waals surface area contributed by atoms with Gasteiger partial charge in [-0.25, -0.2) is 9.97 Å².